The van der Waals surface area contributed by atoms with Gasteiger partial charge in [0.25, 0.3) is 0 Å². The van der Waals surface area contributed by atoms with Crippen LogP contribution < -0.4 is 10.6 Å². The van der Waals surface area contributed by atoms with Crippen molar-refractivity contribution in [3.05, 3.63) is 53.9 Å². The summed E-state index contributed by atoms with van der Waals surface area (Å²) < 4.78 is 0. The lowest BCUT2D eigenvalue weighted by Crippen LogP contribution is -2.25. The van der Waals surface area contributed by atoms with Crippen molar-refractivity contribution in [2.24, 2.45) is 0 Å². The highest BCUT2D eigenvalue weighted by molar-refractivity contribution is 5.50. The Labute approximate surface area is 114 Å². The Morgan fingerprint density at radius 1 is 1.21 bits per heavy atom. The van der Waals surface area contributed by atoms with E-state index in [-0.39, 0.29) is 0 Å². The van der Waals surface area contributed by atoms with Crippen molar-refractivity contribution in [2.45, 2.75) is 32.4 Å². The Morgan fingerprint density at radius 2 is 1.95 bits per heavy atom. The van der Waals surface area contributed by atoms with Crippen LogP contribution in [0.25, 0.3) is 0 Å². The van der Waals surface area contributed by atoms with E-state index in [9.17, 15) is 0 Å². The Morgan fingerprint density at radius 3 is 2.58 bits per heavy atom. The zero-order valence-corrected chi connectivity index (χ0v) is 11.2. The molecule has 1 aliphatic carbocycles. The fourth-order valence-electron chi connectivity index (χ4n) is 2.35. The zero-order valence-electron chi connectivity index (χ0n) is 11.2. The minimum Gasteiger partial charge on any atom is -0.399 e. The van der Waals surface area contributed by atoms with Gasteiger partial charge in [-0.2, -0.15) is 0 Å². The van der Waals surface area contributed by atoms with Gasteiger partial charge in [0.2, 0.25) is 0 Å². The van der Waals surface area contributed by atoms with Gasteiger partial charge in [-0.15, -0.1) is 0 Å². The number of rotatable bonds is 4. The standard InChI is InChI=1S/C16H19N3/c1-12-10-16(8-9-18-12)19(15-6-7-15)11-13-2-4-14(17)5-3-13/h2-5,8-10,15H,6-7,11,17H2,1H3. The molecule has 1 aromatic carbocycles. The highest BCUT2D eigenvalue weighted by Gasteiger charge is 2.29. The smallest absolute Gasteiger partial charge is 0.0432 e. The van der Waals surface area contributed by atoms with Crippen LogP contribution in [0.3, 0.4) is 0 Å². The molecule has 2 aromatic rings. The molecule has 0 bridgehead atoms. The van der Waals surface area contributed by atoms with E-state index in [0.29, 0.717) is 6.04 Å². The number of hydrogen-bond acceptors (Lipinski definition) is 3. The van der Waals surface area contributed by atoms with Gasteiger partial charge in [0.1, 0.15) is 0 Å². The van der Waals surface area contributed by atoms with Crippen LogP contribution in [-0.2, 0) is 6.54 Å². The number of nitrogen functional groups attached to an aromatic ring is 1. The van der Waals surface area contributed by atoms with Crippen LogP contribution in [0.5, 0.6) is 0 Å². The van der Waals surface area contributed by atoms with E-state index < -0.39 is 0 Å². The lowest BCUT2D eigenvalue weighted by Gasteiger charge is -2.25. The molecule has 3 nitrogen and oxygen atoms in total. The maximum Gasteiger partial charge on any atom is 0.0432 e. The largest absolute Gasteiger partial charge is 0.399 e. The molecule has 1 saturated carbocycles. The number of anilines is 2. The molecule has 2 N–H and O–H groups in total. The molecule has 0 radical (unpaired) electrons. The molecule has 0 aliphatic heterocycles. The van der Waals surface area contributed by atoms with Gasteiger partial charge in [0, 0.05) is 35.9 Å². The van der Waals surface area contributed by atoms with Gasteiger partial charge < -0.3 is 10.6 Å². The Balaban J connectivity index is 1.83. The highest BCUT2D eigenvalue weighted by atomic mass is 15.2. The summed E-state index contributed by atoms with van der Waals surface area (Å²) in [5.74, 6) is 0. The van der Waals surface area contributed by atoms with Crippen LogP contribution in [0.15, 0.2) is 42.6 Å². The second kappa shape index (κ2) is 4.92. The van der Waals surface area contributed by atoms with Crippen molar-refractivity contribution in [1.29, 1.82) is 0 Å². The van der Waals surface area contributed by atoms with Gasteiger partial charge in [0.15, 0.2) is 0 Å². The molecule has 1 fully saturated rings. The minimum absolute atomic E-state index is 0.680. The molecule has 19 heavy (non-hydrogen) atoms. The van der Waals surface area contributed by atoms with Gasteiger partial charge in [-0.1, -0.05) is 12.1 Å². The maximum absolute atomic E-state index is 5.74. The van der Waals surface area contributed by atoms with E-state index in [1.807, 2.05) is 25.3 Å². The first-order valence-corrected chi connectivity index (χ1v) is 6.76. The summed E-state index contributed by atoms with van der Waals surface area (Å²) in [4.78, 5) is 6.75. The summed E-state index contributed by atoms with van der Waals surface area (Å²) in [6.45, 7) is 2.98. The van der Waals surface area contributed by atoms with E-state index in [2.05, 4.69) is 34.1 Å². The van der Waals surface area contributed by atoms with Crippen LogP contribution in [-0.4, -0.2) is 11.0 Å². The fourth-order valence-corrected chi connectivity index (χ4v) is 2.35. The fraction of sp³-hybridized carbons (Fsp3) is 0.312. The van der Waals surface area contributed by atoms with Gasteiger partial charge in [-0.05, 0) is 49.6 Å². The van der Waals surface area contributed by atoms with Crippen molar-refractivity contribution < 1.29 is 0 Å². The topological polar surface area (TPSA) is 42.1 Å². The molecule has 0 amide bonds. The summed E-state index contributed by atoms with van der Waals surface area (Å²) in [5.41, 5.74) is 10.2. The van der Waals surface area contributed by atoms with E-state index in [1.165, 1.54) is 24.1 Å². The van der Waals surface area contributed by atoms with Crippen LogP contribution in [0.1, 0.15) is 24.1 Å². The van der Waals surface area contributed by atoms with E-state index >= 15 is 0 Å². The maximum atomic E-state index is 5.74. The molecule has 1 heterocycles. The first kappa shape index (κ1) is 12.0. The van der Waals surface area contributed by atoms with Crippen LogP contribution in [0, 0.1) is 6.92 Å². The Hall–Kier alpha value is -2.03. The monoisotopic (exact) mass is 253 g/mol. The van der Waals surface area contributed by atoms with E-state index in [0.717, 1.165) is 17.9 Å². The molecule has 1 aromatic heterocycles. The van der Waals surface area contributed by atoms with Crippen molar-refractivity contribution in [2.75, 3.05) is 10.6 Å². The van der Waals surface area contributed by atoms with Crippen LogP contribution in [0.4, 0.5) is 11.4 Å². The Bertz CT molecular complexity index is 558. The minimum atomic E-state index is 0.680. The van der Waals surface area contributed by atoms with Crippen molar-refractivity contribution in [1.82, 2.24) is 4.98 Å². The third kappa shape index (κ3) is 2.87. The number of benzene rings is 1. The summed E-state index contributed by atoms with van der Waals surface area (Å²) in [6.07, 6.45) is 4.47. The molecule has 0 spiro atoms. The average Bonchev–Trinajstić information content (AvgIpc) is 3.22. The SMILES string of the molecule is Cc1cc(N(Cc2ccc(N)cc2)C2CC2)ccn1. The zero-order chi connectivity index (χ0) is 13.2. The van der Waals surface area contributed by atoms with Crippen LogP contribution >= 0.6 is 0 Å². The third-order valence-electron chi connectivity index (χ3n) is 3.53. The average molecular weight is 253 g/mol. The first-order valence-electron chi connectivity index (χ1n) is 6.76. The van der Waals surface area contributed by atoms with Crippen molar-refractivity contribution in [3.63, 3.8) is 0 Å². The first-order chi connectivity index (χ1) is 9.22. The molecule has 3 rings (SSSR count). The predicted molar refractivity (Wildman–Crippen MR) is 79.0 cm³/mol. The molecule has 98 valence electrons. The van der Waals surface area contributed by atoms with Crippen LogP contribution in [0.2, 0.25) is 0 Å². The van der Waals surface area contributed by atoms with Crippen molar-refractivity contribution >= 4 is 11.4 Å². The summed E-state index contributed by atoms with van der Waals surface area (Å²) in [5, 5.41) is 0. The normalized spacial score (nSPS) is 14.4. The Kier molecular flexibility index (Phi) is 3.11. The molecule has 0 saturated heterocycles. The predicted octanol–water partition coefficient (Wildman–Crippen LogP) is 3.14. The van der Waals surface area contributed by atoms with E-state index in [4.69, 9.17) is 5.73 Å². The molecule has 3 heteroatoms. The quantitative estimate of drug-likeness (QED) is 0.851. The summed E-state index contributed by atoms with van der Waals surface area (Å²) in [6, 6.07) is 13.1. The van der Waals surface area contributed by atoms with Gasteiger partial charge in [-0.3, -0.25) is 4.98 Å². The molecular weight excluding hydrogens is 234 g/mol. The molecule has 0 atom stereocenters. The lowest BCUT2D eigenvalue weighted by atomic mass is 10.2. The van der Waals surface area contributed by atoms with Crippen molar-refractivity contribution in [3.8, 4) is 0 Å². The summed E-state index contributed by atoms with van der Waals surface area (Å²) in [7, 11) is 0. The number of aromatic nitrogens is 1. The third-order valence-corrected chi connectivity index (χ3v) is 3.53. The number of nitrogens with two attached hydrogens (primary N) is 1. The molecule has 0 unspecified atom stereocenters. The van der Waals surface area contributed by atoms with Gasteiger partial charge in [0.05, 0.1) is 0 Å². The number of hydrogen-bond donors (Lipinski definition) is 1. The lowest BCUT2D eigenvalue weighted by molar-refractivity contribution is 0.792. The highest BCUT2D eigenvalue weighted by Crippen LogP contribution is 2.33. The second-order valence-electron chi connectivity index (χ2n) is 5.26. The van der Waals surface area contributed by atoms with Gasteiger partial charge >= 0.3 is 0 Å². The second-order valence-corrected chi connectivity index (χ2v) is 5.26. The number of pyridine rings is 1. The van der Waals surface area contributed by atoms with E-state index in [1.54, 1.807) is 0 Å². The number of nitrogens with zero attached hydrogens (tertiary/aromatic N) is 2. The molecular formula is C16H19N3. The van der Waals surface area contributed by atoms with Gasteiger partial charge in [-0.25, -0.2) is 0 Å². The molecule has 1 aliphatic rings. The summed E-state index contributed by atoms with van der Waals surface area (Å²) >= 11 is 0. The number of aryl methyl sites for hydroxylation is 1.